The average molecular weight is 291 g/mol. The first-order valence-corrected chi connectivity index (χ1v) is 6.18. The number of carbonyl (C=O) groups excluding carboxylic acids is 2. The molecule has 0 aliphatic carbocycles. The molecular weight excluding hydrogens is 280 g/mol. The van der Waals surface area contributed by atoms with E-state index in [4.69, 9.17) is 5.73 Å². The van der Waals surface area contributed by atoms with E-state index in [9.17, 15) is 9.59 Å². The smallest absolute Gasteiger partial charge is 0.251 e. The van der Waals surface area contributed by atoms with Gasteiger partial charge in [-0.25, -0.2) is 0 Å². The summed E-state index contributed by atoms with van der Waals surface area (Å²) in [4.78, 5) is 22.2. The molecule has 0 radical (unpaired) electrons. The zero-order chi connectivity index (χ0) is 11.4. The number of alkyl halides is 1. The molecule has 0 aliphatic heterocycles. The van der Waals surface area contributed by atoms with Crippen molar-refractivity contribution in [3.05, 3.63) is 17.0 Å². The van der Waals surface area contributed by atoms with Gasteiger partial charge in [0.05, 0.1) is 10.4 Å². The van der Waals surface area contributed by atoms with Crippen molar-refractivity contribution in [3.8, 4) is 0 Å². The third-order valence-electron chi connectivity index (χ3n) is 1.81. The number of carbonyl (C=O) groups is 2. The van der Waals surface area contributed by atoms with Crippen LogP contribution in [-0.4, -0.2) is 16.6 Å². The molecule has 15 heavy (non-hydrogen) atoms. The minimum atomic E-state index is -0.533. The Hall–Kier alpha value is -0.880. The van der Waals surface area contributed by atoms with Crippen LogP contribution in [0.5, 0.6) is 0 Å². The lowest BCUT2D eigenvalue weighted by molar-refractivity contribution is -0.115. The van der Waals surface area contributed by atoms with Crippen molar-refractivity contribution in [1.29, 1.82) is 0 Å². The molecule has 0 saturated heterocycles. The van der Waals surface area contributed by atoms with Crippen LogP contribution in [0.3, 0.4) is 0 Å². The van der Waals surface area contributed by atoms with Gasteiger partial charge in [0, 0.05) is 0 Å². The standard InChI is InChI=1S/C9H11BrN2O2S/c1-2-6(10)8(14)12-9-5(7(11)13)3-4-15-9/h3-4,6H,2H2,1H3,(H2,11,13)(H,12,14). The second-order valence-corrected chi connectivity index (χ2v) is 4.91. The molecule has 0 aromatic carbocycles. The van der Waals surface area contributed by atoms with E-state index >= 15 is 0 Å². The predicted molar refractivity (Wildman–Crippen MR) is 64.5 cm³/mol. The Morgan fingerprint density at radius 2 is 2.33 bits per heavy atom. The molecule has 1 aromatic heterocycles. The second kappa shape index (κ2) is 5.27. The first kappa shape index (κ1) is 12.2. The van der Waals surface area contributed by atoms with Gasteiger partial charge in [0.25, 0.3) is 5.91 Å². The minimum Gasteiger partial charge on any atom is -0.366 e. The molecule has 0 saturated carbocycles. The summed E-state index contributed by atoms with van der Waals surface area (Å²) in [5.74, 6) is -0.698. The molecule has 0 aliphatic rings. The second-order valence-electron chi connectivity index (χ2n) is 2.89. The number of nitrogens with two attached hydrogens (primary N) is 1. The highest BCUT2D eigenvalue weighted by molar-refractivity contribution is 9.10. The van der Waals surface area contributed by atoms with Crippen LogP contribution in [0.2, 0.25) is 0 Å². The molecule has 3 N–H and O–H groups in total. The van der Waals surface area contributed by atoms with Crippen molar-refractivity contribution in [2.45, 2.75) is 18.2 Å². The number of thiophene rings is 1. The third-order valence-corrected chi connectivity index (χ3v) is 3.70. The fourth-order valence-corrected chi connectivity index (χ4v) is 1.89. The maximum absolute atomic E-state index is 11.5. The van der Waals surface area contributed by atoms with Gasteiger partial charge in [-0.2, -0.15) is 0 Å². The molecular formula is C9H11BrN2O2S. The topological polar surface area (TPSA) is 72.2 Å². The summed E-state index contributed by atoms with van der Waals surface area (Å²) in [6.45, 7) is 1.89. The van der Waals surface area contributed by atoms with Crippen LogP contribution < -0.4 is 11.1 Å². The van der Waals surface area contributed by atoms with Gasteiger partial charge >= 0.3 is 0 Å². The molecule has 4 nitrogen and oxygen atoms in total. The maximum atomic E-state index is 11.5. The van der Waals surface area contributed by atoms with Gasteiger partial charge in [-0.15, -0.1) is 11.3 Å². The molecule has 6 heteroatoms. The van der Waals surface area contributed by atoms with Crippen molar-refractivity contribution in [2.24, 2.45) is 5.73 Å². The lowest BCUT2D eigenvalue weighted by Gasteiger charge is -2.07. The van der Waals surface area contributed by atoms with Gasteiger partial charge in [0.15, 0.2) is 0 Å². The lowest BCUT2D eigenvalue weighted by atomic mass is 10.3. The number of halogens is 1. The Labute approximate surface area is 100.0 Å². The van der Waals surface area contributed by atoms with E-state index in [-0.39, 0.29) is 10.7 Å². The largest absolute Gasteiger partial charge is 0.366 e. The highest BCUT2D eigenvalue weighted by atomic mass is 79.9. The summed E-state index contributed by atoms with van der Waals surface area (Å²) in [7, 11) is 0. The number of hydrogen-bond acceptors (Lipinski definition) is 3. The number of rotatable bonds is 4. The number of hydrogen-bond donors (Lipinski definition) is 2. The fraction of sp³-hybridized carbons (Fsp3) is 0.333. The Bertz CT molecular complexity index is 378. The summed E-state index contributed by atoms with van der Waals surface area (Å²) in [5, 5.41) is 4.87. The van der Waals surface area contributed by atoms with Crippen LogP contribution >= 0.6 is 27.3 Å². The number of amides is 2. The number of anilines is 1. The van der Waals surface area contributed by atoms with Crippen molar-refractivity contribution < 1.29 is 9.59 Å². The maximum Gasteiger partial charge on any atom is 0.251 e. The first-order chi connectivity index (χ1) is 7.06. The van der Waals surface area contributed by atoms with E-state index in [1.165, 1.54) is 11.3 Å². The van der Waals surface area contributed by atoms with Crippen LogP contribution in [0.1, 0.15) is 23.7 Å². The average Bonchev–Trinajstić information content (AvgIpc) is 2.64. The Morgan fingerprint density at radius 3 is 2.87 bits per heavy atom. The Morgan fingerprint density at radius 1 is 1.67 bits per heavy atom. The van der Waals surface area contributed by atoms with Crippen molar-refractivity contribution in [1.82, 2.24) is 0 Å². The molecule has 0 fully saturated rings. The molecule has 1 aromatic rings. The van der Waals surface area contributed by atoms with E-state index in [0.717, 1.165) is 0 Å². The molecule has 2 amide bonds. The number of nitrogens with one attached hydrogen (secondary N) is 1. The van der Waals surface area contributed by atoms with Crippen LogP contribution in [0.15, 0.2) is 11.4 Å². The Kier molecular flexibility index (Phi) is 4.28. The zero-order valence-corrected chi connectivity index (χ0v) is 10.5. The van der Waals surface area contributed by atoms with Crippen LogP contribution in [0.25, 0.3) is 0 Å². The molecule has 1 heterocycles. The summed E-state index contributed by atoms with van der Waals surface area (Å²) >= 11 is 4.51. The highest BCUT2D eigenvalue weighted by Gasteiger charge is 2.16. The van der Waals surface area contributed by atoms with Gasteiger partial charge in [0.2, 0.25) is 5.91 Å². The van der Waals surface area contributed by atoms with E-state index in [0.29, 0.717) is 17.0 Å². The molecule has 0 bridgehead atoms. The molecule has 1 rings (SSSR count). The number of primary amides is 1. The fourth-order valence-electron chi connectivity index (χ4n) is 0.976. The quantitative estimate of drug-likeness (QED) is 0.832. The highest BCUT2D eigenvalue weighted by Crippen LogP contribution is 2.23. The normalized spacial score (nSPS) is 12.1. The van der Waals surface area contributed by atoms with Crippen LogP contribution in [0.4, 0.5) is 5.00 Å². The zero-order valence-electron chi connectivity index (χ0n) is 8.12. The Balaban J connectivity index is 2.76. The SMILES string of the molecule is CCC(Br)C(=O)Nc1sccc1C(N)=O. The molecule has 1 unspecified atom stereocenters. The molecule has 0 spiro atoms. The summed E-state index contributed by atoms with van der Waals surface area (Å²) < 4.78 is 0. The third kappa shape index (κ3) is 3.04. The van der Waals surface area contributed by atoms with Crippen LogP contribution in [-0.2, 0) is 4.79 Å². The van der Waals surface area contributed by atoms with Gasteiger partial charge in [0.1, 0.15) is 5.00 Å². The summed E-state index contributed by atoms with van der Waals surface area (Å²) in [5.41, 5.74) is 5.50. The van der Waals surface area contributed by atoms with E-state index in [1.807, 2.05) is 6.92 Å². The van der Waals surface area contributed by atoms with Crippen LogP contribution in [0, 0.1) is 0 Å². The monoisotopic (exact) mass is 290 g/mol. The van der Waals surface area contributed by atoms with E-state index < -0.39 is 5.91 Å². The predicted octanol–water partition coefficient (Wildman–Crippen LogP) is 1.96. The van der Waals surface area contributed by atoms with Crippen molar-refractivity contribution >= 4 is 44.1 Å². The minimum absolute atomic E-state index is 0.164. The molecule has 82 valence electrons. The summed E-state index contributed by atoms with van der Waals surface area (Å²) in [6, 6.07) is 1.60. The van der Waals surface area contributed by atoms with Gasteiger partial charge < -0.3 is 11.1 Å². The van der Waals surface area contributed by atoms with E-state index in [2.05, 4.69) is 21.2 Å². The molecule has 1 atom stereocenters. The lowest BCUT2D eigenvalue weighted by Crippen LogP contribution is -2.23. The summed E-state index contributed by atoms with van der Waals surface area (Å²) in [6.07, 6.45) is 0.684. The van der Waals surface area contributed by atoms with Crippen molar-refractivity contribution in [3.63, 3.8) is 0 Å². The first-order valence-electron chi connectivity index (χ1n) is 4.38. The van der Waals surface area contributed by atoms with Gasteiger partial charge in [-0.05, 0) is 17.9 Å². The van der Waals surface area contributed by atoms with Gasteiger partial charge in [-0.1, -0.05) is 22.9 Å². The van der Waals surface area contributed by atoms with Gasteiger partial charge in [-0.3, -0.25) is 9.59 Å². The van der Waals surface area contributed by atoms with Crippen molar-refractivity contribution in [2.75, 3.05) is 5.32 Å². The van der Waals surface area contributed by atoms with E-state index in [1.54, 1.807) is 11.4 Å².